The molecule has 3 rings (SSSR count). The Labute approximate surface area is 128 Å². The van der Waals surface area contributed by atoms with Crippen LogP contribution in [0, 0.1) is 17.8 Å². The van der Waals surface area contributed by atoms with Gasteiger partial charge in [0, 0.05) is 29.3 Å². The Balaban J connectivity index is 1.65. The van der Waals surface area contributed by atoms with Crippen LogP contribution < -0.4 is 5.73 Å². The lowest BCUT2D eigenvalue weighted by molar-refractivity contribution is 0.0754. The second-order valence-electron chi connectivity index (χ2n) is 6.36. The van der Waals surface area contributed by atoms with E-state index in [1.807, 2.05) is 18.0 Å². The van der Waals surface area contributed by atoms with E-state index in [4.69, 9.17) is 5.73 Å². The Kier molecular flexibility index (Phi) is 3.76. The Hall–Kier alpha value is -1.03. The summed E-state index contributed by atoms with van der Waals surface area (Å²) in [4.78, 5) is 14.3. The van der Waals surface area contributed by atoms with Crippen molar-refractivity contribution in [1.29, 1.82) is 0 Å². The van der Waals surface area contributed by atoms with Gasteiger partial charge in [-0.1, -0.05) is 6.42 Å². The lowest BCUT2D eigenvalue weighted by Crippen LogP contribution is -2.33. The number of carbonyl (C=O) groups is 1. The Bertz CT molecular complexity index is 531. The average Bonchev–Trinajstić information content (AvgIpc) is 3.03. The number of hydrogen-bond acceptors (Lipinski definition) is 2. The molecule has 2 aliphatic carbocycles. The normalized spacial score (nSPS) is 27.8. The zero-order valence-corrected chi connectivity index (χ0v) is 13.4. The molecule has 0 aliphatic heterocycles. The molecule has 2 saturated carbocycles. The Morgan fingerprint density at radius 2 is 2.20 bits per heavy atom. The first-order valence-electron chi connectivity index (χ1n) is 7.35. The maximum absolute atomic E-state index is 12.5. The number of nitrogens with zero attached hydrogens (tertiary/aromatic N) is 1. The maximum atomic E-state index is 12.5. The minimum atomic E-state index is 0.0912. The molecule has 1 amide bonds. The summed E-state index contributed by atoms with van der Waals surface area (Å²) < 4.78 is 0.789. The number of nitrogens with two attached hydrogens (primary N) is 1. The van der Waals surface area contributed by atoms with Crippen LogP contribution in [0.5, 0.6) is 0 Å². The van der Waals surface area contributed by atoms with Gasteiger partial charge in [0.25, 0.3) is 5.91 Å². The first kappa shape index (κ1) is 13.9. The van der Waals surface area contributed by atoms with Gasteiger partial charge in [-0.15, -0.1) is 0 Å². The Morgan fingerprint density at radius 1 is 1.40 bits per heavy atom. The molecule has 4 heteroatoms. The maximum Gasteiger partial charge on any atom is 0.253 e. The van der Waals surface area contributed by atoms with E-state index in [2.05, 4.69) is 15.9 Å². The number of anilines is 1. The summed E-state index contributed by atoms with van der Waals surface area (Å²) in [6, 6.07) is 5.40. The minimum Gasteiger partial charge on any atom is -0.398 e. The van der Waals surface area contributed by atoms with Crippen LogP contribution in [-0.4, -0.2) is 24.4 Å². The molecule has 0 radical (unpaired) electrons. The van der Waals surface area contributed by atoms with Gasteiger partial charge in [0.15, 0.2) is 0 Å². The van der Waals surface area contributed by atoms with E-state index in [-0.39, 0.29) is 5.91 Å². The van der Waals surface area contributed by atoms with Crippen molar-refractivity contribution >= 4 is 27.5 Å². The van der Waals surface area contributed by atoms with Crippen LogP contribution in [0.25, 0.3) is 0 Å². The molecule has 2 fully saturated rings. The second kappa shape index (κ2) is 5.40. The van der Waals surface area contributed by atoms with Crippen molar-refractivity contribution in [2.24, 2.45) is 17.8 Å². The molecule has 0 saturated heterocycles. The van der Waals surface area contributed by atoms with Gasteiger partial charge in [-0.05, 0) is 71.1 Å². The zero-order valence-electron chi connectivity index (χ0n) is 11.8. The number of carbonyl (C=O) groups excluding carboxylic acids is 1. The number of benzene rings is 1. The molecule has 3 nitrogen and oxygen atoms in total. The first-order chi connectivity index (χ1) is 9.54. The molecule has 2 N–H and O–H groups in total. The lowest BCUT2D eigenvalue weighted by atomic mass is 9.88. The van der Waals surface area contributed by atoms with Gasteiger partial charge in [-0.3, -0.25) is 4.79 Å². The predicted molar refractivity (Wildman–Crippen MR) is 84.5 cm³/mol. The standard InChI is InChI=1S/C16H21BrN2O/c1-19(9-13-7-10-2-3-11(13)6-10)16(20)12-4-5-15(18)14(17)8-12/h4-5,8,10-11,13H,2-3,6-7,9,18H2,1H3. The van der Waals surface area contributed by atoms with Gasteiger partial charge in [0.1, 0.15) is 0 Å². The minimum absolute atomic E-state index is 0.0912. The quantitative estimate of drug-likeness (QED) is 0.858. The van der Waals surface area contributed by atoms with Gasteiger partial charge in [-0.25, -0.2) is 0 Å². The molecule has 3 unspecified atom stereocenters. The summed E-state index contributed by atoms with van der Waals surface area (Å²) in [5, 5.41) is 0. The first-order valence-corrected chi connectivity index (χ1v) is 8.14. The highest BCUT2D eigenvalue weighted by atomic mass is 79.9. The van der Waals surface area contributed by atoms with Gasteiger partial charge >= 0.3 is 0 Å². The molecule has 0 heterocycles. The van der Waals surface area contributed by atoms with Gasteiger partial charge < -0.3 is 10.6 Å². The summed E-state index contributed by atoms with van der Waals surface area (Å²) in [5.74, 6) is 2.58. The van der Waals surface area contributed by atoms with Crippen LogP contribution >= 0.6 is 15.9 Å². The summed E-state index contributed by atoms with van der Waals surface area (Å²) in [5.41, 5.74) is 7.14. The van der Waals surface area contributed by atoms with Crippen molar-refractivity contribution in [2.75, 3.05) is 19.3 Å². The van der Waals surface area contributed by atoms with Crippen molar-refractivity contribution in [3.8, 4) is 0 Å². The predicted octanol–water partition coefficient (Wildman–Crippen LogP) is 3.54. The van der Waals surface area contributed by atoms with Crippen LogP contribution in [0.2, 0.25) is 0 Å². The van der Waals surface area contributed by atoms with Gasteiger partial charge in [-0.2, -0.15) is 0 Å². The SMILES string of the molecule is CN(CC1CC2CCC1C2)C(=O)c1ccc(N)c(Br)c1. The largest absolute Gasteiger partial charge is 0.398 e. The van der Waals surface area contributed by atoms with E-state index >= 15 is 0 Å². The smallest absolute Gasteiger partial charge is 0.253 e. The van der Waals surface area contributed by atoms with Gasteiger partial charge in [0.2, 0.25) is 0 Å². The number of fused-ring (bicyclic) bond motifs is 2. The molecule has 0 aromatic heterocycles. The van der Waals surface area contributed by atoms with E-state index < -0.39 is 0 Å². The number of nitrogen functional groups attached to an aromatic ring is 1. The van der Waals surface area contributed by atoms with Crippen LogP contribution in [0.1, 0.15) is 36.0 Å². The summed E-state index contributed by atoms with van der Waals surface area (Å²) >= 11 is 3.38. The van der Waals surface area contributed by atoms with Crippen LogP contribution in [0.4, 0.5) is 5.69 Å². The fraction of sp³-hybridized carbons (Fsp3) is 0.562. The monoisotopic (exact) mass is 336 g/mol. The molecule has 1 aromatic carbocycles. The number of rotatable bonds is 3. The topological polar surface area (TPSA) is 46.3 Å². The van der Waals surface area contributed by atoms with E-state index in [9.17, 15) is 4.79 Å². The summed E-state index contributed by atoms with van der Waals surface area (Å²) in [6.07, 6.45) is 5.47. The summed E-state index contributed by atoms with van der Waals surface area (Å²) in [6.45, 7) is 0.891. The van der Waals surface area contributed by atoms with Crippen molar-refractivity contribution in [3.63, 3.8) is 0 Å². The summed E-state index contributed by atoms with van der Waals surface area (Å²) in [7, 11) is 1.92. The third-order valence-electron chi connectivity index (χ3n) is 4.99. The Morgan fingerprint density at radius 3 is 2.80 bits per heavy atom. The molecule has 2 bridgehead atoms. The molecule has 2 aliphatic rings. The van der Waals surface area contributed by atoms with E-state index in [1.165, 1.54) is 25.7 Å². The molecule has 3 atom stereocenters. The number of halogens is 1. The van der Waals surface area contributed by atoms with E-state index in [1.54, 1.807) is 12.1 Å². The number of hydrogen-bond donors (Lipinski definition) is 1. The zero-order chi connectivity index (χ0) is 14.3. The molecular weight excluding hydrogens is 316 g/mol. The molecule has 0 spiro atoms. The van der Waals surface area contributed by atoms with Crippen molar-refractivity contribution in [2.45, 2.75) is 25.7 Å². The van der Waals surface area contributed by atoms with E-state index in [0.29, 0.717) is 17.2 Å². The van der Waals surface area contributed by atoms with Crippen LogP contribution in [0.15, 0.2) is 22.7 Å². The molecular formula is C16H21BrN2O. The third-order valence-corrected chi connectivity index (χ3v) is 5.67. The lowest BCUT2D eigenvalue weighted by Gasteiger charge is -2.27. The van der Waals surface area contributed by atoms with Crippen molar-refractivity contribution in [3.05, 3.63) is 28.2 Å². The highest BCUT2D eigenvalue weighted by Crippen LogP contribution is 2.48. The fourth-order valence-corrected chi connectivity index (χ4v) is 4.29. The second-order valence-corrected chi connectivity index (χ2v) is 7.21. The van der Waals surface area contributed by atoms with Gasteiger partial charge in [0.05, 0.1) is 0 Å². The van der Waals surface area contributed by atoms with E-state index in [0.717, 1.165) is 22.9 Å². The molecule has 108 valence electrons. The average molecular weight is 337 g/mol. The highest BCUT2D eigenvalue weighted by molar-refractivity contribution is 9.10. The number of amides is 1. The van der Waals surface area contributed by atoms with Crippen LogP contribution in [-0.2, 0) is 0 Å². The van der Waals surface area contributed by atoms with Crippen molar-refractivity contribution < 1.29 is 4.79 Å². The third kappa shape index (κ3) is 2.58. The fourth-order valence-electron chi connectivity index (χ4n) is 3.92. The van der Waals surface area contributed by atoms with Crippen LogP contribution in [0.3, 0.4) is 0 Å². The highest BCUT2D eigenvalue weighted by Gasteiger charge is 2.40. The molecule has 20 heavy (non-hydrogen) atoms. The van der Waals surface area contributed by atoms with Crippen molar-refractivity contribution in [1.82, 2.24) is 4.90 Å². The molecule has 1 aromatic rings.